The Bertz CT molecular complexity index is 933. The number of nitrogens with one attached hydrogen (secondary N) is 1. The van der Waals surface area contributed by atoms with E-state index in [0.29, 0.717) is 10.7 Å². The van der Waals surface area contributed by atoms with E-state index >= 15 is 0 Å². The van der Waals surface area contributed by atoms with Crippen LogP contribution in [0.15, 0.2) is 47.4 Å². The summed E-state index contributed by atoms with van der Waals surface area (Å²) < 4.78 is 40.8. The highest BCUT2D eigenvalue weighted by Crippen LogP contribution is 2.16. The molecule has 2 aromatic rings. The molecule has 0 radical (unpaired) electrons. The monoisotopic (exact) mass is 386 g/mol. The normalized spacial score (nSPS) is 11.0. The molecule has 1 amide bonds. The van der Waals surface area contributed by atoms with E-state index in [1.54, 1.807) is 18.2 Å². The standard InChI is InChI=1S/C15H12ClFN2O5S/c16-9-2-1-3-10(6-9)19-14(20)8-24-15(21)12-7-11(25(18,22)23)4-5-13(12)17/h1-7H,8H2,(H,19,20)(H2,18,22,23). The SMILES string of the molecule is NS(=O)(=O)c1ccc(F)c(C(=O)OCC(=O)Nc2cccc(Cl)c2)c1. The molecule has 2 aromatic carbocycles. The van der Waals surface area contributed by atoms with Gasteiger partial charge in [-0.2, -0.15) is 0 Å². The van der Waals surface area contributed by atoms with Crippen molar-refractivity contribution in [1.29, 1.82) is 0 Å². The van der Waals surface area contributed by atoms with Crippen molar-refractivity contribution in [2.24, 2.45) is 5.14 Å². The Hall–Kier alpha value is -2.49. The van der Waals surface area contributed by atoms with Crippen LogP contribution in [0.3, 0.4) is 0 Å². The fourth-order valence-electron chi connectivity index (χ4n) is 1.81. The first-order valence-electron chi connectivity index (χ1n) is 6.72. The zero-order chi connectivity index (χ0) is 18.6. The summed E-state index contributed by atoms with van der Waals surface area (Å²) in [6.07, 6.45) is 0. The number of hydrogen-bond donors (Lipinski definition) is 2. The number of benzene rings is 2. The fourth-order valence-corrected chi connectivity index (χ4v) is 2.54. The highest BCUT2D eigenvalue weighted by atomic mass is 35.5. The minimum Gasteiger partial charge on any atom is -0.452 e. The van der Waals surface area contributed by atoms with E-state index in [4.69, 9.17) is 16.7 Å². The van der Waals surface area contributed by atoms with E-state index in [2.05, 4.69) is 10.1 Å². The molecule has 0 saturated carbocycles. The lowest BCUT2D eigenvalue weighted by Gasteiger charge is -2.08. The second-order valence-corrected chi connectivity index (χ2v) is 6.82. The number of hydrogen-bond acceptors (Lipinski definition) is 5. The van der Waals surface area contributed by atoms with Gasteiger partial charge >= 0.3 is 5.97 Å². The number of carbonyl (C=O) groups is 2. The van der Waals surface area contributed by atoms with Gasteiger partial charge in [0.05, 0.1) is 10.5 Å². The molecule has 3 N–H and O–H groups in total. The first kappa shape index (κ1) is 18.8. The van der Waals surface area contributed by atoms with Gasteiger partial charge in [-0.25, -0.2) is 22.7 Å². The van der Waals surface area contributed by atoms with E-state index in [1.165, 1.54) is 6.07 Å². The number of rotatable bonds is 5. The molecule has 0 bridgehead atoms. The molecule has 7 nitrogen and oxygen atoms in total. The van der Waals surface area contributed by atoms with Crippen LogP contribution < -0.4 is 10.5 Å². The highest BCUT2D eigenvalue weighted by Gasteiger charge is 2.19. The molecule has 132 valence electrons. The van der Waals surface area contributed by atoms with Crippen molar-refractivity contribution in [2.75, 3.05) is 11.9 Å². The lowest BCUT2D eigenvalue weighted by molar-refractivity contribution is -0.119. The number of carbonyl (C=O) groups excluding carboxylic acids is 2. The Balaban J connectivity index is 2.04. The first-order valence-corrected chi connectivity index (χ1v) is 8.64. The molecular weight excluding hydrogens is 375 g/mol. The predicted molar refractivity (Wildman–Crippen MR) is 88.1 cm³/mol. The second kappa shape index (κ2) is 7.60. The van der Waals surface area contributed by atoms with Crippen molar-refractivity contribution < 1.29 is 27.1 Å². The highest BCUT2D eigenvalue weighted by molar-refractivity contribution is 7.89. The minimum atomic E-state index is -4.12. The van der Waals surface area contributed by atoms with Gasteiger partial charge in [0.15, 0.2) is 6.61 Å². The third-order valence-electron chi connectivity index (χ3n) is 2.93. The maximum absolute atomic E-state index is 13.7. The van der Waals surface area contributed by atoms with Crippen molar-refractivity contribution in [2.45, 2.75) is 4.90 Å². The van der Waals surface area contributed by atoms with E-state index < -0.39 is 44.8 Å². The lowest BCUT2D eigenvalue weighted by atomic mass is 10.2. The summed E-state index contributed by atoms with van der Waals surface area (Å²) in [5.74, 6) is -2.89. The van der Waals surface area contributed by atoms with Crippen LogP contribution in [0.25, 0.3) is 0 Å². The Kier molecular flexibility index (Phi) is 5.73. The summed E-state index contributed by atoms with van der Waals surface area (Å²) in [6.45, 7) is -0.704. The second-order valence-electron chi connectivity index (χ2n) is 4.82. The average molecular weight is 387 g/mol. The van der Waals surface area contributed by atoms with E-state index in [0.717, 1.165) is 18.2 Å². The van der Waals surface area contributed by atoms with E-state index in [9.17, 15) is 22.4 Å². The van der Waals surface area contributed by atoms with Crippen LogP contribution in [-0.4, -0.2) is 26.9 Å². The molecule has 0 aliphatic rings. The van der Waals surface area contributed by atoms with Gasteiger partial charge in [0.2, 0.25) is 10.0 Å². The molecule has 0 saturated heterocycles. The first-order chi connectivity index (χ1) is 11.7. The maximum Gasteiger partial charge on any atom is 0.341 e. The van der Waals surface area contributed by atoms with Crippen LogP contribution in [0, 0.1) is 5.82 Å². The number of amides is 1. The predicted octanol–water partition coefficient (Wildman–Crippen LogP) is 1.92. The molecule has 0 spiro atoms. The van der Waals surface area contributed by atoms with Gasteiger partial charge < -0.3 is 10.1 Å². The molecule has 10 heteroatoms. The molecule has 0 unspecified atom stereocenters. The van der Waals surface area contributed by atoms with Crippen LogP contribution in [-0.2, 0) is 19.6 Å². The number of anilines is 1. The quantitative estimate of drug-likeness (QED) is 0.761. The number of sulfonamides is 1. The average Bonchev–Trinajstić information content (AvgIpc) is 2.52. The van der Waals surface area contributed by atoms with Crippen molar-refractivity contribution in [3.63, 3.8) is 0 Å². The van der Waals surface area contributed by atoms with Gasteiger partial charge in [-0.15, -0.1) is 0 Å². The number of ether oxygens (including phenoxy) is 1. The molecule has 0 aromatic heterocycles. The fraction of sp³-hybridized carbons (Fsp3) is 0.0667. The van der Waals surface area contributed by atoms with Gasteiger partial charge in [-0.1, -0.05) is 17.7 Å². The number of nitrogens with two attached hydrogens (primary N) is 1. The summed E-state index contributed by atoms with van der Waals surface area (Å²) >= 11 is 5.77. The van der Waals surface area contributed by atoms with Crippen LogP contribution in [0.2, 0.25) is 5.02 Å². The van der Waals surface area contributed by atoms with E-state index in [-0.39, 0.29) is 0 Å². The number of halogens is 2. The molecular formula is C15H12ClFN2O5S. The molecule has 0 aliphatic heterocycles. The topological polar surface area (TPSA) is 116 Å². The third kappa shape index (κ3) is 5.24. The van der Waals surface area contributed by atoms with Gasteiger partial charge in [0.25, 0.3) is 5.91 Å². The van der Waals surface area contributed by atoms with Crippen LogP contribution in [0.5, 0.6) is 0 Å². The zero-order valence-electron chi connectivity index (χ0n) is 12.5. The third-order valence-corrected chi connectivity index (χ3v) is 4.08. The Morgan fingerprint density at radius 2 is 1.92 bits per heavy atom. The van der Waals surface area contributed by atoms with Crippen molar-refractivity contribution in [3.05, 3.63) is 58.9 Å². The summed E-state index contributed by atoms with van der Waals surface area (Å²) in [7, 11) is -4.12. The number of esters is 1. The zero-order valence-corrected chi connectivity index (χ0v) is 14.1. The summed E-state index contributed by atoms with van der Waals surface area (Å²) in [4.78, 5) is 23.1. The van der Waals surface area contributed by atoms with Crippen molar-refractivity contribution >= 4 is 39.2 Å². The molecule has 0 fully saturated rings. The van der Waals surface area contributed by atoms with E-state index in [1.807, 2.05) is 0 Å². The molecule has 25 heavy (non-hydrogen) atoms. The number of primary sulfonamides is 1. The molecule has 0 atom stereocenters. The molecule has 0 aliphatic carbocycles. The maximum atomic E-state index is 13.7. The Labute approximate surface area is 147 Å². The van der Waals surface area contributed by atoms with Crippen LogP contribution in [0.4, 0.5) is 10.1 Å². The minimum absolute atomic E-state index is 0.385. The van der Waals surface area contributed by atoms with Gasteiger partial charge in [-0.3, -0.25) is 4.79 Å². The van der Waals surface area contributed by atoms with Crippen molar-refractivity contribution in [1.82, 2.24) is 0 Å². The Morgan fingerprint density at radius 3 is 2.56 bits per heavy atom. The lowest BCUT2D eigenvalue weighted by Crippen LogP contribution is -2.21. The Morgan fingerprint density at radius 1 is 1.20 bits per heavy atom. The van der Waals surface area contributed by atoms with Crippen molar-refractivity contribution in [3.8, 4) is 0 Å². The largest absolute Gasteiger partial charge is 0.452 e. The van der Waals surface area contributed by atoms with Gasteiger partial charge in [-0.05, 0) is 36.4 Å². The van der Waals surface area contributed by atoms with Gasteiger partial charge in [0, 0.05) is 10.7 Å². The smallest absolute Gasteiger partial charge is 0.341 e. The van der Waals surface area contributed by atoms with Gasteiger partial charge in [0.1, 0.15) is 5.82 Å². The molecule has 0 heterocycles. The van der Waals surface area contributed by atoms with Crippen LogP contribution in [0.1, 0.15) is 10.4 Å². The molecule has 2 rings (SSSR count). The summed E-state index contributed by atoms with van der Waals surface area (Å²) in [6, 6.07) is 8.69. The van der Waals surface area contributed by atoms with Crippen LogP contribution >= 0.6 is 11.6 Å². The summed E-state index contributed by atoms with van der Waals surface area (Å²) in [5.41, 5.74) is -0.266. The summed E-state index contributed by atoms with van der Waals surface area (Å²) in [5, 5.41) is 7.75.